The minimum Gasteiger partial charge on any atom is -0.352 e. The number of piperidine rings is 1. The van der Waals surface area contributed by atoms with E-state index in [0.29, 0.717) is 28.8 Å². The summed E-state index contributed by atoms with van der Waals surface area (Å²) in [5.41, 5.74) is 1.99. The molecule has 212 valence electrons. The molecule has 3 aromatic rings. The lowest BCUT2D eigenvalue weighted by Gasteiger charge is -2.26. The van der Waals surface area contributed by atoms with Crippen LogP contribution in [0.5, 0.6) is 0 Å². The zero-order valence-corrected chi connectivity index (χ0v) is 23.8. The summed E-state index contributed by atoms with van der Waals surface area (Å²) in [6.45, 7) is 0.287. The fourth-order valence-electron chi connectivity index (χ4n) is 4.55. The highest BCUT2D eigenvalue weighted by Gasteiger charge is 2.39. The molecule has 1 saturated heterocycles. The van der Waals surface area contributed by atoms with Crippen LogP contribution in [0.2, 0.25) is 0 Å². The van der Waals surface area contributed by atoms with Crippen molar-refractivity contribution in [1.82, 2.24) is 19.9 Å². The molecule has 2 aromatic carbocycles. The molecule has 0 radical (unpaired) electrons. The SMILES string of the molecule is CN(C)S(=O)(=O)C(C(=O)NCC(=O)NC1CC1)c1nc2c(F)cc(-c3ccc(N4CCCCC4=O)cc3)cc2s1. The fourth-order valence-corrected chi connectivity index (χ4v) is 7.14. The van der Waals surface area contributed by atoms with E-state index in [0.717, 1.165) is 47.0 Å². The Morgan fingerprint density at radius 3 is 2.52 bits per heavy atom. The molecule has 10 nitrogen and oxygen atoms in total. The lowest BCUT2D eigenvalue weighted by molar-refractivity contribution is -0.126. The van der Waals surface area contributed by atoms with E-state index in [1.165, 1.54) is 20.2 Å². The number of fused-ring (bicyclic) bond motifs is 1. The van der Waals surface area contributed by atoms with E-state index in [1.807, 2.05) is 12.1 Å². The molecule has 0 spiro atoms. The molecule has 2 N–H and O–H groups in total. The number of sulfonamides is 1. The minimum atomic E-state index is -4.21. The number of hydrogen-bond acceptors (Lipinski definition) is 7. The molecule has 1 saturated carbocycles. The molecule has 1 aliphatic carbocycles. The second kappa shape index (κ2) is 11.2. The van der Waals surface area contributed by atoms with Crippen molar-refractivity contribution >= 4 is 55.0 Å². The fraction of sp³-hybridized carbons (Fsp3) is 0.407. The zero-order chi connectivity index (χ0) is 28.6. The Hall–Kier alpha value is -3.42. The highest BCUT2D eigenvalue weighted by molar-refractivity contribution is 7.90. The van der Waals surface area contributed by atoms with Crippen molar-refractivity contribution in [2.45, 2.75) is 43.4 Å². The van der Waals surface area contributed by atoms with Crippen LogP contribution in [0.15, 0.2) is 36.4 Å². The molecule has 1 atom stereocenters. The Labute approximate surface area is 235 Å². The van der Waals surface area contributed by atoms with Gasteiger partial charge < -0.3 is 15.5 Å². The van der Waals surface area contributed by atoms with E-state index in [9.17, 15) is 22.8 Å². The van der Waals surface area contributed by atoms with Gasteiger partial charge in [-0.25, -0.2) is 22.1 Å². The standard InChI is InChI=1S/C27H30FN5O5S2/c1-32(2)40(37,38)25(26(36)29-15-22(34)30-18-8-9-18)27-31-24-20(28)13-17(14-21(24)39-27)16-6-10-19(11-7-16)33-12-4-3-5-23(33)35/h6-7,10-11,13-14,18,25H,3-5,8-9,12,15H2,1-2H3,(H,29,36)(H,30,34). The molecule has 40 heavy (non-hydrogen) atoms. The lowest BCUT2D eigenvalue weighted by Crippen LogP contribution is -2.43. The monoisotopic (exact) mass is 587 g/mol. The van der Waals surface area contributed by atoms with Crippen LogP contribution >= 0.6 is 11.3 Å². The highest BCUT2D eigenvalue weighted by atomic mass is 32.2. The second-order valence-corrected chi connectivity index (χ2v) is 13.5. The zero-order valence-electron chi connectivity index (χ0n) is 22.1. The van der Waals surface area contributed by atoms with Gasteiger partial charge in [-0.05, 0) is 61.1 Å². The first kappa shape index (κ1) is 28.1. The van der Waals surface area contributed by atoms with Crippen LogP contribution in [0.4, 0.5) is 10.1 Å². The number of anilines is 1. The van der Waals surface area contributed by atoms with Gasteiger partial charge in [-0.15, -0.1) is 11.3 Å². The Balaban J connectivity index is 1.43. The van der Waals surface area contributed by atoms with Gasteiger partial charge in [0.15, 0.2) is 5.82 Å². The first-order valence-electron chi connectivity index (χ1n) is 13.0. The van der Waals surface area contributed by atoms with Gasteiger partial charge in [-0.3, -0.25) is 14.4 Å². The number of rotatable bonds is 9. The van der Waals surface area contributed by atoms with E-state index in [1.54, 1.807) is 23.1 Å². The summed E-state index contributed by atoms with van der Waals surface area (Å²) in [6, 6.07) is 10.4. The third kappa shape index (κ3) is 5.86. The second-order valence-electron chi connectivity index (χ2n) is 10.2. The van der Waals surface area contributed by atoms with Gasteiger partial charge in [0.25, 0.3) is 0 Å². The van der Waals surface area contributed by atoms with Gasteiger partial charge in [-0.1, -0.05) is 12.1 Å². The van der Waals surface area contributed by atoms with Gasteiger partial charge >= 0.3 is 0 Å². The average molecular weight is 588 g/mol. The number of nitrogens with zero attached hydrogens (tertiary/aromatic N) is 3. The predicted octanol–water partition coefficient (Wildman–Crippen LogP) is 2.95. The van der Waals surface area contributed by atoms with Crippen molar-refractivity contribution in [2.75, 3.05) is 32.1 Å². The first-order valence-corrected chi connectivity index (χ1v) is 15.4. The molecule has 1 aliphatic heterocycles. The molecule has 5 rings (SSSR count). The van der Waals surface area contributed by atoms with Crippen LogP contribution < -0.4 is 15.5 Å². The van der Waals surface area contributed by atoms with Gasteiger partial charge in [0.05, 0.1) is 11.2 Å². The Bertz CT molecular complexity index is 1570. The normalized spacial score (nSPS) is 16.8. The summed E-state index contributed by atoms with van der Waals surface area (Å²) in [6.07, 6.45) is 4.10. The molecule has 2 heterocycles. The van der Waals surface area contributed by atoms with Crippen LogP contribution in [-0.2, 0) is 24.4 Å². The maximum Gasteiger partial charge on any atom is 0.247 e. The van der Waals surface area contributed by atoms with E-state index in [-0.39, 0.29) is 29.0 Å². The molecular weight excluding hydrogens is 557 g/mol. The van der Waals surface area contributed by atoms with Gasteiger partial charge in [0, 0.05) is 38.8 Å². The maximum atomic E-state index is 15.2. The Morgan fingerprint density at radius 2 is 1.88 bits per heavy atom. The first-order chi connectivity index (χ1) is 19.0. The minimum absolute atomic E-state index is 0.0440. The van der Waals surface area contributed by atoms with Gasteiger partial charge in [0.1, 0.15) is 10.5 Å². The number of aromatic nitrogens is 1. The Kier molecular flexibility index (Phi) is 7.89. The molecule has 2 fully saturated rings. The summed E-state index contributed by atoms with van der Waals surface area (Å²) in [7, 11) is -1.62. The highest BCUT2D eigenvalue weighted by Crippen LogP contribution is 2.36. The number of amides is 3. The number of halogens is 1. The number of benzene rings is 2. The molecular formula is C27H30FN5O5S2. The maximum absolute atomic E-state index is 15.2. The molecule has 2 aliphatic rings. The average Bonchev–Trinajstić information content (AvgIpc) is 3.63. The molecule has 1 aromatic heterocycles. The summed E-state index contributed by atoms with van der Waals surface area (Å²) >= 11 is 0.911. The quantitative estimate of drug-likeness (QED) is 0.396. The molecule has 13 heteroatoms. The van der Waals surface area contributed by atoms with Crippen molar-refractivity contribution in [2.24, 2.45) is 0 Å². The number of hydrogen-bond donors (Lipinski definition) is 2. The van der Waals surface area contributed by atoms with E-state index >= 15 is 4.39 Å². The van der Waals surface area contributed by atoms with Crippen molar-refractivity contribution in [3.63, 3.8) is 0 Å². The predicted molar refractivity (Wildman–Crippen MR) is 151 cm³/mol. The van der Waals surface area contributed by atoms with Gasteiger partial charge in [-0.2, -0.15) is 0 Å². The van der Waals surface area contributed by atoms with E-state index in [4.69, 9.17) is 0 Å². The third-order valence-corrected chi connectivity index (χ3v) is 10.2. The van der Waals surface area contributed by atoms with Gasteiger partial charge in [0.2, 0.25) is 33.0 Å². The van der Waals surface area contributed by atoms with Crippen molar-refractivity contribution in [3.8, 4) is 11.1 Å². The summed E-state index contributed by atoms with van der Waals surface area (Å²) in [5.74, 6) is -1.90. The van der Waals surface area contributed by atoms with Crippen molar-refractivity contribution in [1.29, 1.82) is 0 Å². The van der Waals surface area contributed by atoms with Crippen molar-refractivity contribution < 1.29 is 27.2 Å². The molecule has 0 bridgehead atoms. The third-order valence-electron chi connectivity index (χ3n) is 6.94. The van der Waals surface area contributed by atoms with Crippen LogP contribution in [-0.4, -0.2) is 68.7 Å². The summed E-state index contributed by atoms with van der Waals surface area (Å²) < 4.78 is 42.8. The van der Waals surface area contributed by atoms with Crippen LogP contribution in [0.3, 0.4) is 0 Å². The lowest BCUT2D eigenvalue weighted by atomic mass is 10.0. The van der Waals surface area contributed by atoms with Crippen LogP contribution in [0, 0.1) is 5.82 Å². The topological polar surface area (TPSA) is 129 Å². The Morgan fingerprint density at radius 1 is 1.15 bits per heavy atom. The summed E-state index contributed by atoms with van der Waals surface area (Å²) in [5, 5.41) is 3.27. The molecule has 3 amide bonds. The summed E-state index contributed by atoms with van der Waals surface area (Å²) in [4.78, 5) is 43.4. The van der Waals surface area contributed by atoms with Crippen molar-refractivity contribution in [3.05, 3.63) is 47.2 Å². The molecule has 1 unspecified atom stereocenters. The number of carbonyl (C=O) groups is 3. The van der Waals surface area contributed by atoms with Crippen LogP contribution in [0.25, 0.3) is 21.3 Å². The van der Waals surface area contributed by atoms with E-state index in [2.05, 4.69) is 15.6 Å². The number of thiazole rings is 1. The number of nitrogens with one attached hydrogen (secondary N) is 2. The largest absolute Gasteiger partial charge is 0.352 e. The smallest absolute Gasteiger partial charge is 0.247 e. The van der Waals surface area contributed by atoms with Crippen LogP contribution in [0.1, 0.15) is 42.4 Å². The number of carbonyl (C=O) groups excluding carboxylic acids is 3. The van der Waals surface area contributed by atoms with E-state index < -0.39 is 32.9 Å².